The lowest BCUT2D eigenvalue weighted by Crippen LogP contribution is -2.28. The second-order valence-corrected chi connectivity index (χ2v) is 4.57. The fourth-order valence-corrected chi connectivity index (χ4v) is 1.97. The molecule has 3 nitrogen and oxygen atoms in total. The van der Waals surface area contributed by atoms with Gasteiger partial charge in [-0.15, -0.1) is 0 Å². The highest BCUT2D eigenvalue weighted by Crippen LogP contribution is 2.25. The molecule has 4 heteroatoms. The highest BCUT2D eigenvalue weighted by Gasteiger charge is 2.11. The molecule has 19 heavy (non-hydrogen) atoms. The minimum Gasteiger partial charge on any atom is -0.492 e. The third kappa shape index (κ3) is 4.80. The molecule has 1 rings (SSSR count). The second kappa shape index (κ2) is 8.12. The Morgan fingerprint density at radius 2 is 2.00 bits per heavy atom. The van der Waals surface area contributed by atoms with E-state index in [0.717, 1.165) is 30.9 Å². The SMILES string of the molecule is CCN(CC)CCOc1ccc(F)cc1C(C)NC. The smallest absolute Gasteiger partial charge is 0.124 e. The van der Waals surface area contributed by atoms with Crippen LogP contribution in [0.5, 0.6) is 5.75 Å². The van der Waals surface area contributed by atoms with Crippen molar-refractivity contribution >= 4 is 0 Å². The van der Waals surface area contributed by atoms with Crippen molar-refractivity contribution in [1.29, 1.82) is 0 Å². The third-order valence-electron chi connectivity index (χ3n) is 3.43. The highest BCUT2D eigenvalue weighted by molar-refractivity contribution is 5.36. The summed E-state index contributed by atoms with van der Waals surface area (Å²) in [5, 5.41) is 3.11. The van der Waals surface area contributed by atoms with Crippen LogP contribution in [0.3, 0.4) is 0 Å². The number of hydrogen-bond acceptors (Lipinski definition) is 3. The molecule has 0 fully saturated rings. The zero-order chi connectivity index (χ0) is 14.3. The summed E-state index contributed by atoms with van der Waals surface area (Å²) in [6, 6.07) is 4.76. The van der Waals surface area contributed by atoms with E-state index in [1.54, 1.807) is 6.07 Å². The Morgan fingerprint density at radius 3 is 2.58 bits per heavy atom. The van der Waals surface area contributed by atoms with E-state index in [4.69, 9.17) is 4.74 Å². The van der Waals surface area contributed by atoms with Crippen molar-refractivity contribution < 1.29 is 9.13 Å². The van der Waals surface area contributed by atoms with Crippen LogP contribution in [0.2, 0.25) is 0 Å². The van der Waals surface area contributed by atoms with Crippen LogP contribution >= 0.6 is 0 Å². The molecule has 1 N–H and O–H groups in total. The minimum atomic E-state index is -0.229. The maximum absolute atomic E-state index is 13.3. The average molecular weight is 268 g/mol. The van der Waals surface area contributed by atoms with Crippen molar-refractivity contribution in [3.8, 4) is 5.75 Å². The Labute approximate surface area is 115 Å². The summed E-state index contributed by atoms with van der Waals surface area (Å²) in [5.74, 6) is 0.531. The standard InChI is InChI=1S/C15H25FN2O/c1-5-18(6-2)9-10-19-15-8-7-13(16)11-14(15)12(3)17-4/h7-8,11-12,17H,5-6,9-10H2,1-4H3. The van der Waals surface area contributed by atoms with Crippen LogP contribution in [0.25, 0.3) is 0 Å². The number of nitrogens with one attached hydrogen (secondary N) is 1. The van der Waals surface area contributed by atoms with Crippen LogP contribution in [0.1, 0.15) is 32.4 Å². The van der Waals surface area contributed by atoms with E-state index in [2.05, 4.69) is 24.1 Å². The normalized spacial score (nSPS) is 12.7. The van der Waals surface area contributed by atoms with Gasteiger partial charge in [-0.25, -0.2) is 4.39 Å². The first-order chi connectivity index (χ1) is 9.12. The molecule has 0 spiro atoms. The van der Waals surface area contributed by atoms with E-state index in [0.29, 0.717) is 6.61 Å². The van der Waals surface area contributed by atoms with Crippen LogP contribution in [-0.2, 0) is 0 Å². The first-order valence-electron chi connectivity index (χ1n) is 6.94. The fraction of sp³-hybridized carbons (Fsp3) is 0.600. The topological polar surface area (TPSA) is 24.5 Å². The fourth-order valence-electron chi connectivity index (χ4n) is 1.97. The summed E-state index contributed by atoms with van der Waals surface area (Å²) in [6.45, 7) is 9.80. The summed E-state index contributed by atoms with van der Waals surface area (Å²) >= 11 is 0. The van der Waals surface area contributed by atoms with Crippen LogP contribution < -0.4 is 10.1 Å². The van der Waals surface area contributed by atoms with Crippen molar-refractivity contribution in [3.05, 3.63) is 29.6 Å². The molecule has 0 aliphatic heterocycles. The lowest BCUT2D eigenvalue weighted by Gasteiger charge is -2.20. The number of hydrogen-bond donors (Lipinski definition) is 1. The molecule has 0 saturated carbocycles. The lowest BCUT2D eigenvalue weighted by molar-refractivity contribution is 0.220. The summed E-state index contributed by atoms with van der Waals surface area (Å²) in [7, 11) is 1.86. The number of rotatable bonds is 8. The van der Waals surface area contributed by atoms with Gasteiger partial charge in [-0.1, -0.05) is 13.8 Å². The molecule has 1 unspecified atom stereocenters. The van der Waals surface area contributed by atoms with Crippen molar-refractivity contribution in [2.45, 2.75) is 26.8 Å². The Kier molecular flexibility index (Phi) is 6.81. The van der Waals surface area contributed by atoms with E-state index in [1.165, 1.54) is 12.1 Å². The van der Waals surface area contributed by atoms with Gasteiger partial charge in [0, 0.05) is 18.2 Å². The first-order valence-corrected chi connectivity index (χ1v) is 6.94. The monoisotopic (exact) mass is 268 g/mol. The van der Waals surface area contributed by atoms with Gasteiger partial charge in [0.2, 0.25) is 0 Å². The summed E-state index contributed by atoms with van der Waals surface area (Å²) < 4.78 is 19.1. The van der Waals surface area contributed by atoms with Gasteiger partial charge in [0.05, 0.1) is 0 Å². The van der Waals surface area contributed by atoms with Gasteiger partial charge in [0.25, 0.3) is 0 Å². The molecule has 1 aromatic carbocycles. The molecule has 0 amide bonds. The molecule has 0 aliphatic rings. The number of ether oxygens (including phenoxy) is 1. The van der Waals surface area contributed by atoms with Crippen molar-refractivity contribution in [1.82, 2.24) is 10.2 Å². The second-order valence-electron chi connectivity index (χ2n) is 4.57. The number of benzene rings is 1. The predicted molar refractivity (Wildman–Crippen MR) is 77.2 cm³/mol. The molecule has 0 saturated heterocycles. The van der Waals surface area contributed by atoms with Gasteiger partial charge in [-0.3, -0.25) is 0 Å². The van der Waals surface area contributed by atoms with Crippen LogP contribution in [-0.4, -0.2) is 38.2 Å². The number of likely N-dealkylation sites (N-methyl/N-ethyl adjacent to an activating group) is 1. The molecule has 0 radical (unpaired) electrons. The maximum Gasteiger partial charge on any atom is 0.124 e. The molecule has 0 aromatic heterocycles. The molecule has 1 atom stereocenters. The van der Waals surface area contributed by atoms with E-state index in [1.807, 2.05) is 14.0 Å². The van der Waals surface area contributed by atoms with Gasteiger partial charge >= 0.3 is 0 Å². The molecule has 0 heterocycles. The summed E-state index contributed by atoms with van der Waals surface area (Å²) in [5.41, 5.74) is 0.863. The minimum absolute atomic E-state index is 0.0687. The highest BCUT2D eigenvalue weighted by atomic mass is 19.1. The van der Waals surface area contributed by atoms with E-state index in [9.17, 15) is 4.39 Å². The van der Waals surface area contributed by atoms with E-state index < -0.39 is 0 Å². The predicted octanol–water partition coefficient (Wildman–Crippen LogP) is 2.83. The quantitative estimate of drug-likeness (QED) is 0.784. The van der Waals surface area contributed by atoms with Crippen molar-refractivity contribution in [3.63, 3.8) is 0 Å². The zero-order valence-corrected chi connectivity index (χ0v) is 12.4. The summed E-state index contributed by atoms with van der Waals surface area (Å²) in [4.78, 5) is 2.30. The van der Waals surface area contributed by atoms with Gasteiger partial charge in [-0.05, 0) is 45.3 Å². The number of halogens is 1. The lowest BCUT2D eigenvalue weighted by atomic mass is 10.1. The molecular formula is C15H25FN2O. The van der Waals surface area contributed by atoms with Crippen LogP contribution in [0, 0.1) is 5.82 Å². The first kappa shape index (κ1) is 15.9. The van der Waals surface area contributed by atoms with Gasteiger partial charge in [-0.2, -0.15) is 0 Å². The molecule has 1 aromatic rings. The molecule has 0 bridgehead atoms. The van der Waals surface area contributed by atoms with Crippen molar-refractivity contribution in [2.24, 2.45) is 0 Å². The summed E-state index contributed by atoms with van der Waals surface area (Å²) in [6.07, 6.45) is 0. The Balaban J connectivity index is 2.67. The van der Waals surface area contributed by atoms with E-state index >= 15 is 0 Å². The molecular weight excluding hydrogens is 243 g/mol. The van der Waals surface area contributed by atoms with Gasteiger partial charge < -0.3 is 15.0 Å². The average Bonchev–Trinajstić information content (AvgIpc) is 2.44. The van der Waals surface area contributed by atoms with Crippen LogP contribution in [0.4, 0.5) is 4.39 Å². The van der Waals surface area contributed by atoms with Crippen molar-refractivity contribution in [2.75, 3.05) is 33.3 Å². The Hall–Kier alpha value is -1.13. The largest absolute Gasteiger partial charge is 0.492 e. The zero-order valence-electron chi connectivity index (χ0n) is 12.4. The Morgan fingerprint density at radius 1 is 1.32 bits per heavy atom. The van der Waals surface area contributed by atoms with Crippen LogP contribution in [0.15, 0.2) is 18.2 Å². The molecule has 0 aliphatic carbocycles. The maximum atomic E-state index is 13.3. The molecule has 108 valence electrons. The van der Waals surface area contributed by atoms with Gasteiger partial charge in [0.1, 0.15) is 18.2 Å². The number of nitrogens with zero attached hydrogens (tertiary/aromatic N) is 1. The Bertz CT molecular complexity index is 380. The van der Waals surface area contributed by atoms with E-state index in [-0.39, 0.29) is 11.9 Å². The van der Waals surface area contributed by atoms with Gasteiger partial charge in [0.15, 0.2) is 0 Å². The third-order valence-corrected chi connectivity index (χ3v) is 3.43.